The first-order chi connectivity index (χ1) is 11.9. The largest absolute Gasteiger partial charge is 0.298 e. The van der Waals surface area contributed by atoms with Gasteiger partial charge in [0.1, 0.15) is 11.7 Å². The first kappa shape index (κ1) is 17.5. The van der Waals surface area contributed by atoms with Crippen molar-refractivity contribution in [3.63, 3.8) is 0 Å². The van der Waals surface area contributed by atoms with Crippen LogP contribution in [0, 0.1) is 32.1 Å². The van der Waals surface area contributed by atoms with E-state index in [-0.39, 0.29) is 23.9 Å². The topological polar surface area (TPSA) is 34.1 Å². The molecule has 1 aliphatic rings. The molecule has 0 heterocycles. The lowest BCUT2D eigenvalue weighted by atomic mass is 9.85. The second-order valence-electron chi connectivity index (χ2n) is 6.64. The van der Waals surface area contributed by atoms with Gasteiger partial charge in [-0.3, -0.25) is 9.59 Å². The van der Waals surface area contributed by atoms with Crippen LogP contribution >= 0.6 is 11.6 Å². The third-order valence-corrected chi connectivity index (χ3v) is 5.13. The molecule has 2 nitrogen and oxygen atoms in total. The van der Waals surface area contributed by atoms with E-state index < -0.39 is 5.92 Å². The predicted molar refractivity (Wildman–Crippen MR) is 101 cm³/mol. The minimum Gasteiger partial charge on any atom is -0.298 e. The molecule has 0 aromatic heterocycles. The molecule has 3 heteroatoms. The number of terminal acetylenes is 1. The first-order valence-corrected chi connectivity index (χ1v) is 8.67. The van der Waals surface area contributed by atoms with Crippen LogP contribution < -0.4 is 0 Å². The molecule has 1 saturated carbocycles. The van der Waals surface area contributed by atoms with E-state index in [1.165, 1.54) is 0 Å². The fourth-order valence-corrected chi connectivity index (χ4v) is 3.84. The van der Waals surface area contributed by atoms with Crippen molar-refractivity contribution in [1.29, 1.82) is 0 Å². The second kappa shape index (κ2) is 6.86. The first-order valence-electron chi connectivity index (χ1n) is 8.29. The lowest BCUT2D eigenvalue weighted by Gasteiger charge is -2.17. The van der Waals surface area contributed by atoms with Crippen LogP contribution in [0.3, 0.4) is 0 Å². The smallest absolute Gasteiger partial charge is 0.152 e. The van der Waals surface area contributed by atoms with E-state index >= 15 is 0 Å². The lowest BCUT2D eigenvalue weighted by Crippen LogP contribution is -2.17. The van der Waals surface area contributed by atoms with Crippen molar-refractivity contribution in [2.45, 2.75) is 32.6 Å². The molecule has 0 N–H and O–H groups in total. The Balaban J connectivity index is 2.01. The van der Waals surface area contributed by atoms with Gasteiger partial charge in [-0.05, 0) is 53.8 Å². The fourth-order valence-electron chi connectivity index (χ4n) is 3.71. The van der Waals surface area contributed by atoms with Crippen LogP contribution in [-0.2, 0) is 9.59 Å². The monoisotopic (exact) mass is 350 g/mol. The summed E-state index contributed by atoms with van der Waals surface area (Å²) in [5.74, 6) is 1.46. The van der Waals surface area contributed by atoms with Crippen LogP contribution in [0.15, 0.2) is 36.4 Å². The summed E-state index contributed by atoms with van der Waals surface area (Å²) in [7, 11) is 0. The van der Waals surface area contributed by atoms with Gasteiger partial charge >= 0.3 is 0 Å². The Morgan fingerprint density at radius 2 is 1.68 bits per heavy atom. The van der Waals surface area contributed by atoms with Gasteiger partial charge in [-0.15, -0.1) is 12.3 Å². The van der Waals surface area contributed by atoms with E-state index in [4.69, 9.17) is 18.0 Å². The number of benzene rings is 2. The second-order valence-corrected chi connectivity index (χ2v) is 7.08. The predicted octanol–water partition coefficient (Wildman–Crippen LogP) is 4.89. The summed E-state index contributed by atoms with van der Waals surface area (Å²) in [6.07, 6.45) is 5.92. The zero-order chi connectivity index (χ0) is 18.1. The summed E-state index contributed by atoms with van der Waals surface area (Å²) in [6, 6.07) is 11.7. The molecule has 0 aliphatic heterocycles. The summed E-state index contributed by atoms with van der Waals surface area (Å²) in [5, 5.41) is 0.690. The average Bonchev–Trinajstić information content (AvgIpc) is 2.83. The van der Waals surface area contributed by atoms with Crippen molar-refractivity contribution in [2.75, 3.05) is 0 Å². The number of hydrogen-bond donors (Lipinski definition) is 0. The molecule has 0 amide bonds. The van der Waals surface area contributed by atoms with E-state index in [0.717, 1.165) is 27.8 Å². The minimum atomic E-state index is -0.669. The highest BCUT2D eigenvalue weighted by Gasteiger charge is 2.42. The van der Waals surface area contributed by atoms with Crippen LogP contribution in [0.4, 0.5) is 0 Å². The molecule has 0 spiro atoms. The van der Waals surface area contributed by atoms with E-state index in [9.17, 15) is 9.59 Å². The molecule has 1 fully saturated rings. The van der Waals surface area contributed by atoms with E-state index in [0.29, 0.717) is 11.4 Å². The minimum absolute atomic E-state index is 0.0179. The molecule has 25 heavy (non-hydrogen) atoms. The highest BCUT2D eigenvalue weighted by atomic mass is 35.5. The van der Waals surface area contributed by atoms with Crippen molar-refractivity contribution in [3.05, 3.63) is 58.1 Å². The van der Waals surface area contributed by atoms with Gasteiger partial charge in [0.15, 0.2) is 5.78 Å². The number of rotatable bonds is 3. The number of carbonyl (C=O) groups excluding carboxylic acids is 2. The number of hydrogen-bond acceptors (Lipinski definition) is 2. The third-order valence-electron chi connectivity index (χ3n) is 4.88. The van der Waals surface area contributed by atoms with Gasteiger partial charge in [0.25, 0.3) is 0 Å². The van der Waals surface area contributed by atoms with Gasteiger partial charge in [-0.25, -0.2) is 0 Å². The quantitative estimate of drug-likeness (QED) is 0.583. The van der Waals surface area contributed by atoms with Gasteiger partial charge in [0.2, 0.25) is 0 Å². The van der Waals surface area contributed by atoms with Crippen LogP contribution in [0.25, 0.3) is 11.1 Å². The van der Waals surface area contributed by atoms with Crippen LogP contribution in [0.5, 0.6) is 0 Å². The Labute approximate surface area is 153 Å². The van der Waals surface area contributed by atoms with E-state index in [1.807, 2.05) is 50.2 Å². The number of Topliss-reactive ketones (excluding diaryl/α,β-unsaturated/α-hetero) is 2. The van der Waals surface area contributed by atoms with Crippen molar-refractivity contribution < 1.29 is 9.59 Å². The average molecular weight is 351 g/mol. The Morgan fingerprint density at radius 1 is 1.08 bits per heavy atom. The van der Waals surface area contributed by atoms with Crippen molar-refractivity contribution in [3.8, 4) is 23.5 Å². The Kier molecular flexibility index (Phi) is 4.79. The molecule has 126 valence electrons. The molecule has 2 atom stereocenters. The summed E-state index contributed by atoms with van der Waals surface area (Å²) in [6.45, 7) is 3.91. The summed E-state index contributed by atoms with van der Waals surface area (Å²) < 4.78 is 0. The van der Waals surface area contributed by atoms with E-state index in [2.05, 4.69) is 5.92 Å². The molecular weight excluding hydrogens is 332 g/mol. The third kappa shape index (κ3) is 3.25. The number of halogens is 1. The maximum Gasteiger partial charge on any atom is 0.152 e. The summed E-state index contributed by atoms with van der Waals surface area (Å²) in [4.78, 5) is 25.1. The number of ketones is 2. The summed E-state index contributed by atoms with van der Waals surface area (Å²) in [5.41, 5.74) is 4.85. The Bertz CT molecular complexity index is 864. The SMILES string of the molecule is C#CC[C@H]1CC(=O)C(c2c(C)cc(-c3ccc(Cl)cc3)cc2C)C1=O. The fraction of sp³-hybridized carbons (Fsp3) is 0.273. The Hall–Kier alpha value is -2.37. The van der Waals surface area contributed by atoms with Crippen molar-refractivity contribution >= 4 is 23.2 Å². The molecule has 3 rings (SSSR count). The van der Waals surface area contributed by atoms with Gasteiger partial charge in [0.05, 0.1) is 0 Å². The van der Waals surface area contributed by atoms with Gasteiger partial charge in [0, 0.05) is 23.8 Å². The molecular formula is C22H19ClO2. The van der Waals surface area contributed by atoms with Crippen LogP contribution in [-0.4, -0.2) is 11.6 Å². The normalized spacial score (nSPS) is 19.9. The van der Waals surface area contributed by atoms with Gasteiger partial charge in [-0.2, -0.15) is 0 Å². The number of carbonyl (C=O) groups is 2. The van der Waals surface area contributed by atoms with Gasteiger partial charge in [-0.1, -0.05) is 35.9 Å². The van der Waals surface area contributed by atoms with Crippen LogP contribution in [0.1, 0.15) is 35.4 Å². The molecule has 0 radical (unpaired) electrons. The highest BCUT2D eigenvalue weighted by Crippen LogP contribution is 2.38. The van der Waals surface area contributed by atoms with Crippen molar-refractivity contribution in [1.82, 2.24) is 0 Å². The lowest BCUT2D eigenvalue weighted by molar-refractivity contribution is -0.124. The molecule has 1 unspecified atom stereocenters. The standard InChI is InChI=1S/C22H19ClO2/c1-4-5-16-12-19(24)21(22(16)25)20-13(2)10-17(11-14(20)3)15-6-8-18(23)9-7-15/h1,6-11,16,21H,5,12H2,2-3H3/t16-,21?/m0/s1. The molecule has 2 aromatic rings. The molecule has 0 bridgehead atoms. The maximum absolute atomic E-state index is 12.7. The summed E-state index contributed by atoms with van der Waals surface area (Å²) >= 11 is 5.96. The molecule has 0 saturated heterocycles. The number of aryl methyl sites for hydroxylation is 2. The molecule has 1 aliphatic carbocycles. The highest BCUT2D eigenvalue weighted by molar-refractivity contribution is 6.30. The van der Waals surface area contributed by atoms with Crippen molar-refractivity contribution in [2.24, 2.45) is 5.92 Å². The zero-order valence-corrected chi connectivity index (χ0v) is 15.1. The van der Waals surface area contributed by atoms with E-state index in [1.54, 1.807) is 0 Å². The van der Waals surface area contributed by atoms with Gasteiger partial charge < -0.3 is 0 Å². The molecule has 2 aromatic carbocycles. The van der Waals surface area contributed by atoms with Crippen LogP contribution in [0.2, 0.25) is 5.02 Å². The zero-order valence-electron chi connectivity index (χ0n) is 14.3. The Morgan fingerprint density at radius 3 is 2.24 bits per heavy atom. The maximum atomic E-state index is 12.7.